The number of benzene rings is 2. The Morgan fingerprint density at radius 3 is 2.33 bits per heavy atom. The van der Waals surface area contributed by atoms with Gasteiger partial charge in [-0.15, -0.1) is 0 Å². The van der Waals surface area contributed by atoms with Gasteiger partial charge < -0.3 is 5.11 Å². The molecule has 0 spiro atoms. The van der Waals surface area contributed by atoms with Crippen molar-refractivity contribution in [3.63, 3.8) is 0 Å². The number of halogens is 2. The minimum Gasteiger partial charge on any atom is -0.481 e. The summed E-state index contributed by atoms with van der Waals surface area (Å²) in [4.78, 5) is 10.6. The van der Waals surface area contributed by atoms with Gasteiger partial charge in [0.05, 0.1) is 6.42 Å². The molecule has 0 unspecified atom stereocenters. The lowest BCUT2D eigenvalue weighted by molar-refractivity contribution is -0.136. The summed E-state index contributed by atoms with van der Waals surface area (Å²) in [6.07, 6.45) is 0.0174. The van der Waals surface area contributed by atoms with Crippen LogP contribution in [0.4, 0.5) is 0 Å². The summed E-state index contributed by atoms with van der Waals surface area (Å²) in [6, 6.07) is 12.5. The molecule has 0 atom stereocenters. The lowest BCUT2D eigenvalue weighted by Crippen LogP contribution is -1.99. The molecule has 4 heteroatoms. The van der Waals surface area contributed by atoms with Crippen LogP contribution in [0, 0.1) is 0 Å². The molecule has 0 saturated heterocycles. The molecule has 0 aromatic heterocycles. The van der Waals surface area contributed by atoms with E-state index in [1.54, 1.807) is 30.3 Å². The second-order valence-corrected chi connectivity index (χ2v) is 4.74. The van der Waals surface area contributed by atoms with Crippen molar-refractivity contribution in [2.75, 3.05) is 0 Å². The molecule has 0 fully saturated rings. The number of aliphatic carboxylic acids is 1. The summed E-state index contributed by atoms with van der Waals surface area (Å²) in [7, 11) is 0. The van der Waals surface area contributed by atoms with Crippen LogP contribution < -0.4 is 0 Å². The average molecular weight is 281 g/mol. The van der Waals surface area contributed by atoms with Crippen molar-refractivity contribution < 1.29 is 9.90 Å². The fourth-order valence-electron chi connectivity index (χ4n) is 1.70. The Balaban J connectivity index is 2.34. The standard InChI is InChI=1S/C14H10Cl2O2/c15-11-5-6-13(16)12(8-11)10-3-1-9(2-4-10)7-14(17)18/h1-6,8H,7H2,(H,17,18). The zero-order valence-corrected chi connectivity index (χ0v) is 10.9. The first-order chi connectivity index (χ1) is 8.56. The second-order valence-electron chi connectivity index (χ2n) is 3.89. The maximum absolute atomic E-state index is 10.6. The Morgan fingerprint density at radius 2 is 1.72 bits per heavy atom. The van der Waals surface area contributed by atoms with Gasteiger partial charge in [0.2, 0.25) is 0 Å². The van der Waals surface area contributed by atoms with Crippen molar-refractivity contribution in [3.8, 4) is 11.1 Å². The van der Waals surface area contributed by atoms with E-state index in [9.17, 15) is 4.79 Å². The van der Waals surface area contributed by atoms with E-state index in [1.807, 2.05) is 12.1 Å². The van der Waals surface area contributed by atoms with Gasteiger partial charge >= 0.3 is 5.97 Å². The van der Waals surface area contributed by atoms with Crippen LogP contribution in [0.3, 0.4) is 0 Å². The third kappa shape index (κ3) is 3.03. The van der Waals surface area contributed by atoms with Crippen molar-refractivity contribution in [1.29, 1.82) is 0 Å². The van der Waals surface area contributed by atoms with Crippen LogP contribution in [0.15, 0.2) is 42.5 Å². The van der Waals surface area contributed by atoms with E-state index in [4.69, 9.17) is 28.3 Å². The SMILES string of the molecule is O=C(O)Cc1ccc(-c2cc(Cl)ccc2Cl)cc1. The van der Waals surface area contributed by atoms with Crippen molar-refractivity contribution in [1.82, 2.24) is 0 Å². The molecule has 2 aromatic rings. The molecule has 0 aliphatic heterocycles. The Bertz CT molecular complexity index is 577. The topological polar surface area (TPSA) is 37.3 Å². The molecule has 0 aliphatic rings. The van der Waals surface area contributed by atoms with Crippen LogP contribution in [0.2, 0.25) is 10.0 Å². The van der Waals surface area contributed by atoms with Crippen LogP contribution >= 0.6 is 23.2 Å². The van der Waals surface area contributed by atoms with E-state index in [-0.39, 0.29) is 6.42 Å². The largest absolute Gasteiger partial charge is 0.481 e. The lowest BCUT2D eigenvalue weighted by Gasteiger charge is -2.06. The average Bonchev–Trinajstić information content (AvgIpc) is 2.33. The zero-order chi connectivity index (χ0) is 13.1. The summed E-state index contributed by atoms with van der Waals surface area (Å²) in [5.74, 6) is -0.844. The summed E-state index contributed by atoms with van der Waals surface area (Å²) in [5, 5.41) is 9.93. The van der Waals surface area contributed by atoms with Crippen molar-refractivity contribution in [3.05, 3.63) is 58.1 Å². The molecule has 0 saturated carbocycles. The van der Waals surface area contributed by atoms with E-state index in [1.165, 1.54) is 0 Å². The van der Waals surface area contributed by atoms with Crippen LogP contribution in [0.5, 0.6) is 0 Å². The highest BCUT2D eigenvalue weighted by Crippen LogP contribution is 2.30. The molecule has 0 heterocycles. The van der Waals surface area contributed by atoms with Crippen LogP contribution in [0.1, 0.15) is 5.56 Å². The minimum absolute atomic E-state index is 0.0174. The monoisotopic (exact) mass is 280 g/mol. The smallest absolute Gasteiger partial charge is 0.307 e. The maximum atomic E-state index is 10.6. The van der Waals surface area contributed by atoms with Gasteiger partial charge in [-0.25, -0.2) is 0 Å². The fraction of sp³-hybridized carbons (Fsp3) is 0.0714. The van der Waals surface area contributed by atoms with E-state index < -0.39 is 5.97 Å². The number of carbonyl (C=O) groups is 1. The first kappa shape index (κ1) is 12.9. The van der Waals surface area contributed by atoms with Crippen molar-refractivity contribution >= 4 is 29.2 Å². The number of rotatable bonds is 3. The molecule has 1 N–H and O–H groups in total. The van der Waals surface area contributed by atoms with Crippen LogP contribution in [-0.4, -0.2) is 11.1 Å². The molecule has 0 amide bonds. The van der Waals surface area contributed by atoms with Crippen molar-refractivity contribution in [2.24, 2.45) is 0 Å². The maximum Gasteiger partial charge on any atom is 0.307 e. The minimum atomic E-state index is -0.844. The van der Waals surface area contributed by atoms with Gasteiger partial charge in [-0.05, 0) is 29.3 Å². The highest BCUT2D eigenvalue weighted by atomic mass is 35.5. The molecule has 0 radical (unpaired) electrons. The van der Waals surface area contributed by atoms with Crippen LogP contribution in [0.25, 0.3) is 11.1 Å². The Morgan fingerprint density at radius 1 is 1.06 bits per heavy atom. The van der Waals surface area contributed by atoms with Crippen molar-refractivity contribution in [2.45, 2.75) is 6.42 Å². The third-order valence-corrected chi connectivity index (χ3v) is 3.11. The summed E-state index contributed by atoms with van der Waals surface area (Å²) >= 11 is 12.0. The Labute approximate surface area is 115 Å². The quantitative estimate of drug-likeness (QED) is 0.911. The molecular weight excluding hydrogens is 271 g/mol. The van der Waals surface area contributed by atoms with Gasteiger partial charge in [-0.3, -0.25) is 4.79 Å². The molecule has 2 rings (SSSR count). The fourth-order valence-corrected chi connectivity index (χ4v) is 2.09. The Hall–Kier alpha value is -1.51. The molecule has 2 nitrogen and oxygen atoms in total. The lowest BCUT2D eigenvalue weighted by atomic mass is 10.0. The highest BCUT2D eigenvalue weighted by molar-refractivity contribution is 6.35. The molecule has 18 heavy (non-hydrogen) atoms. The van der Waals surface area contributed by atoms with Gasteiger partial charge in [-0.2, -0.15) is 0 Å². The predicted molar refractivity (Wildman–Crippen MR) is 73.2 cm³/mol. The van der Waals surface area contributed by atoms with Gasteiger partial charge in [0.1, 0.15) is 0 Å². The second kappa shape index (κ2) is 5.42. The van der Waals surface area contributed by atoms with E-state index in [0.717, 1.165) is 16.7 Å². The molecule has 0 aliphatic carbocycles. The summed E-state index contributed by atoms with van der Waals surface area (Å²) in [6.45, 7) is 0. The van der Waals surface area contributed by atoms with Gasteiger partial charge in [0, 0.05) is 15.6 Å². The van der Waals surface area contributed by atoms with E-state index in [2.05, 4.69) is 0 Å². The predicted octanol–water partition coefficient (Wildman–Crippen LogP) is 4.29. The molecule has 92 valence electrons. The first-order valence-electron chi connectivity index (χ1n) is 5.32. The van der Waals surface area contributed by atoms with Gasteiger partial charge in [-0.1, -0.05) is 47.5 Å². The number of hydrogen-bond acceptors (Lipinski definition) is 1. The number of hydrogen-bond donors (Lipinski definition) is 1. The summed E-state index contributed by atoms with van der Waals surface area (Å²) < 4.78 is 0. The number of carboxylic acid groups (broad SMARTS) is 1. The summed E-state index contributed by atoms with van der Waals surface area (Å²) in [5.41, 5.74) is 2.51. The van der Waals surface area contributed by atoms with Gasteiger partial charge in [0.25, 0.3) is 0 Å². The molecule has 2 aromatic carbocycles. The first-order valence-corrected chi connectivity index (χ1v) is 6.08. The normalized spacial score (nSPS) is 10.3. The zero-order valence-electron chi connectivity index (χ0n) is 9.36. The highest BCUT2D eigenvalue weighted by Gasteiger charge is 2.05. The van der Waals surface area contributed by atoms with Gasteiger partial charge in [0.15, 0.2) is 0 Å². The molecular formula is C14H10Cl2O2. The Kier molecular flexibility index (Phi) is 3.90. The number of carboxylic acids is 1. The van der Waals surface area contributed by atoms with E-state index in [0.29, 0.717) is 10.0 Å². The van der Waals surface area contributed by atoms with E-state index >= 15 is 0 Å². The third-order valence-electron chi connectivity index (χ3n) is 2.55. The molecule has 0 bridgehead atoms. The van der Waals surface area contributed by atoms with Crippen LogP contribution in [-0.2, 0) is 11.2 Å².